The van der Waals surface area contributed by atoms with Crippen LogP contribution in [-0.2, 0) is 6.42 Å². The third-order valence-electron chi connectivity index (χ3n) is 2.85. The number of hydrogen-bond acceptors (Lipinski definition) is 5. The predicted octanol–water partition coefficient (Wildman–Crippen LogP) is 0.0467. The second-order valence-corrected chi connectivity index (χ2v) is 4.11. The van der Waals surface area contributed by atoms with Crippen molar-refractivity contribution in [2.24, 2.45) is 0 Å². The zero-order valence-corrected chi connectivity index (χ0v) is 9.15. The monoisotopic (exact) mass is 210 g/mol. The van der Waals surface area contributed by atoms with Crippen LogP contribution in [0.25, 0.3) is 0 Å². The topological polar surface area (TPSA) is 58.5 Å². The fourth-order valence-corrected chi connectivity index (χ4v) is 1.79. The highest BCUT2D eigenvalue weighted by Crippen LogP contribution is 2.07. The Morgan fingerprint density at radius 3 is 2.73 bits per heavy atom. The fraction of sp³-hybridized carbons (Fsp3) is 0.700. The predicted molar refractivity (Wildman–Crippen MR) is 58.6 cm³/mol. The van der Waals surface area contributed by atoms with Gasteiger partial charge in [0.25, 0.3) is 0 Å². The van der Waals surface area contributed by atoms with Crippen LogP contribution in [0.15, 0.2) is 10.6 Å². The number of nitrogens with zero attached hydrogens (tertiary/aromatic N) is 3. The van der Waals surface area contributed by atoms with Crippen molar-refractivity contribution in [1.29, 1.82) is 0 Å². The number of anilines is 1. The molecule has 1 aliphatic rings. The van der Waals surface area contributed by atoms with Crippen molar-refractivity contribution in [3.05, 3.63) is 11.8 Å². The minimum atomic E-state index is 0.475. The molecule has 0 atom stereocenters. The Balaban J connectivity index is 1.74. The summed E-state index contributed by atoms with van der Waals surface area (Å²) in [4.78, 5) is 4.79. The molecular weight excluding hydrogens is 192 g/mol. The molecule has 84 valence electrons. The van der Waals surface area contributed by atoms with Crippen LogP contribution < -0.4 is 5.73 Å². The van der Waals surface area contributed by atoms with Gasteiger partial charge in [0.15, 0.2) is 5.82 Å². The van der Waals surface area contributed by atoms with E-state index in [4.69, 9.17) is 10.3 Å². The Bertz CT molecular complexity index is 304. The van der Waals surface area contributed by atoms with E-state index in [2.05, 4.69) is 22.0 Å². The average molecular weight is 210 g/mol. The van der Waals surface area contributed by atoms with Crippen molar-refractivity contribution < 1.29 is 4.52 Å². The lowest BCUT2D eigenvalue weighted by atomic mass is 10.2. The largest absolute Gasteiger partial charge is 0.381 e. The van der Waals surface area contributed by atoms with Gasteiger partial charge in [0.2, 0.25) is 0 Å². The third-order valence-corrected chi connectivity index (χ3v) is 2.85. The molecule has 1 aliphatic heterocycles. The Hall–Kier alpha value is -1.07. The molecule has 2 rings (SSSR count). The fourth-order valence-electron chi connectivity index (χ4n) is 1.79. The van der Waals surface area contributed by atoms with Gasteiger partial charge in [0, 0.05) is 45.2 Å². The summed E-state index contributed by atoms with van der Waals surface area (Å²) in [6.45, 7) is 5.61. The maximum Gasteiger partial charge on any atom is 0.167 e. The lowest BCUT2D eigenvalue weighted by Crippen LogP contribution is -2.45. The van der Waals surface area contributed by atoms with Crippen LogP contribution >= 0.6 is 0 Å². The van der Waals surface area contributed by atoms with Crippen LogP contribution in [-0.4, -0.2) is 54.7 Å². The van der Waals surface area contributed by atoms with E-state index in [1.165, 1.54) is 0 Å². The van der Waals surface area contributed by atoms with Crippen LogP contribution in [0.3, 0.4) is 0 Å². The zero-order valence-electron chi connectivity index (χ0n) is 9.15. The number of hydrogen-bond donors (Lipinski definition) is 1. The van der Waals surface area contributed by atoms with Gasteiger partial charge in [-0.05, 0) is 7.05 Å². The van der Waals surface area contributed by atoms with Crippen molar-refractivity contribution in [3.63, 3.8) is 0 Å². The molecular formula is C10H18N4O. The molecule has 0 radical (unpaired) electrons. The smallest absolute Gasteiger partial charge is 0.167 e. The van der Waals surface area contributed by atoms with Crippen molar-refractivity contribution >= 4 is 5.82 Å². The molecule has 1 saturated heterocycles. The second-order valence-electron chi connectivity index (χ2n) is 4.11. The molecule has 5 heteroatoms. The summed E-state index contributed by atoms with van der Waals surface area (Å²) in [6.07, 6.45) is 0.897. The maximum absolute atomic E-state index is 5.48. The van der Waals surface area contributed by atoms with E-state index in [1.54, 1.807) is 6.07 Å². The van der Waals surface area contributed by atoms with E-state index < -0.39 is 0 Å². The Kier molecular flexibility index (Phi) is 3.23. The standard InChI is InChI=1S/C10H18N4O/c1-13-4-6-14(7-5-13)3-2-9-8-10(11)12-15-9/h8H,2-7H2,1H3,(H2,11,12). The Labute approximate surface area is 89.8 Å². The van der Waals surface area contributed by atoms with Gasteiger partial charge in [0.05, 0.1) is 0 Å². The van der Waals surface area contributed by atoms with Crippen LogP contribution in [0.5, 0.6) is 0 Å². The highest BCUT2D eigenvalue weighted by atomic mass is 16.5. The first-order valence-electron chi connectivity index (χ1n) is 5.36. The summed E-state index contributed by atoms with van der Waals surface area (Å²) in [5.74, 6) is 1.36. The van der Waals surface area contributed by atoms with Gasteiger partial charge in [-0.1, -0.05) is 5.16 Å². The van der Waals surface area contributed by atoms with E-state index in [-0.39, 0.29) is 0 Å². The molecule has 5 nitrogen and oxygen atoms in total. The van der Waals surface area contributed by atoms with Gasteiger partial charge in [0.1, 0.15) is 5.76 Å². The lowest BCUT2D eigenvalue weighted by molar-refractivity contribution is 0.153. The molecule has 1 aromatic heterocycles. The maximum atomic E-state index is 5.48. The molecule has 0 unspecified atom stereocenters. The average Bonchev–Trinajstić information content (AvgIpc) is 2.64. The second kappa shape index (κ2) is 4.63. The van der Waals surface area contributed by atoms with Gasteiger partial charge in [-0.15, -0.1) is 0 Å². The molecule has 0 saturated carbocycles. The summed E-state index contributed by atoms with van der Waals surface area (Å²) >= 11 is 0. The normalized spacial score (nSPS) is 19.5. The van der Waals surface area contributed by atoms with Crippen LogP contribution in [0.4, 0.5) is 5.82 Å². The van der Waals surface area contributed by atoms with E-state index in [9.17, 15) is 0 Å². The van der Waals surface area contributed by atoms with Gasteiger partial charge in [-0.2, -0.15) is 0 Å². The minimum Gasteiger partial charge on any atom is -0.381 e. The molecule has 15 heavy (non-hydrogen) atoms. The molecule has 0 amide bonds. The first-order valence-corrected chi connectivity index (χ1v) is 5.36. The molecule has 1 aromatic rings. The Morgan fingerprint density at radius 2 is 2.13 bits per heavy atom. The van der Waals surface area contributed by atoms with Crippen molar-refractivity contribution in [1.82, 2.24) is 15.0 Å². The summed E-state index contributed by atoms with van der Waals surface area (Å²) in [7, 11) is 2.16. The highest BCUT2D eigenvalue weighted by molar-refractivity contribution is 5.26. The van der Waals surface area contributed by atoms with E-state index >= 15 is 0 Å². The van der Waals surface area contributed by atoms with Gasteiger partial charge >= 0.3 is 0 Å². The number of nitrogen functional groups attached to an aromatic ring is 1. The SMILES string of the molecule is CN1CCN(CCc2cc(N)no2)CC1. The Morgan fingerprint density at radius 1 is 1.40 bits per heavy atom. The number of nitrogens with two attached hydrogens (primary N) is 1. The first kappa shape index (κ1) is 10.4. The van der Waals surface area contributed by atoms with Crippen molar-refractivity contribution in [3.8, 4) is 0 Å². The van der Waals surface area contributed by atoms with Gasteiger partial charge < -0.3 is 20.1 Å². The number of likely N-dealkylation sites (N-methyl/N-ethyl adjacent to an activating group) is 1. The molecule has 0 aromatic carbocycles. The molecule has 2 N–H and O–H groups in total. The van der Waals surface area contributed by atoms with Gasteiger partial charge in [-0.3, -0.25) is 0 Å². The summed E-state index contributed by atoms with van der Waals surface area (Å²) in [5.41, 5.74) is 5.48. The van der Waals surface area contributed by atoms with Crippen LogP contribution in [0.1, 0.15) is 5.76 Å². The number of rotatable bonds is 3. The van der Waals surface area contributed by atoms with Crippen LogP contribution in [0.2, 0.25) is 0 Å². The first-order chi connectivity index (χ1) is 7.24. The van der Waals surface area contributed by atoms with E-state index in [0.29, 0.717) is 5.82 Å². The van der Waals surface area contributed by atoms with Gasteiger partial charge in [-0.25, -0.2) is 0 Å². The summed E-state index contributed by atoms with van der Waals surface area (Å²) in [6, 6.07) is 1.80. The molecule has 0 bridgehead atoms. The van der Waals surface area contributed by atoms with Crippen molar-refractivity contribution in [2.75, 3.05) is 45.5 Å². The molecule has 0 aliphatic carbocycles. The number of aromatic nitrogens is 1. The number of piperazine rings is 1. The van der Waals surface area contributed by atoms with Crippen LogP contribution in [0, 0.1) is 0 Å². The summed E-state index contributed by atoms with van der Waals surface area (Å²) in [5, 5.41) is 3.67. The molecule has 1 fully saturated rings. The molecule has 0 spiro atoms. The third kappa shape index (κ3) is 2.94. The minimum absolute atomic E-state index is 0.475. The van der Waals surface area contributed by atoms with Crippen molar-refractivity contribution in [2.45, 2.75) is 6.42 Å². The highest BCUT2D eigenvalue weighted by Gasteiger charge is 2.13. The van der Waals surface area contributed by atoms with E-state index in [1.807, 2.05) is 0 Å². The van der Waals surface area contributed by atoms with E-state index in [0.717, 1.165) is 44.9 Å². The zero-order chi connectivity index (χ0) is 10.7. The quantitative estimate of drug-likeness (QED) is 0.763. The molecule has 2 heterocycles. The lowest BCUT2D eigenvalue weighted by Gasteiger charge is -2.31. The summed E-state index contributed by atoms with van der Waals surface area (Å²) < 4.78 is 5.06.